The van der Waals surface area contributed by atoms with Crippen molar-refractivity contribution in [3.05, 3.63) is 39.9 Å². The standard InChI is InChI=1S/C16H17ClN2O2S/c1-10-6-7-12-14(8-10)22-16(18-12)19-15(20)9-21-13-5-3-2-4-11(13)17/h2-5,10H,6-9H2,1H3,(H,18,19,20)/t10-/m0/s1. The zero-order chi connectivity index (χ0) is 15.5. The number of aryl methyl sites for hydroxylation is 1. The fourth-order valence-corrected chi connectivity index (χ4v) is 3.83. The number of fused-ring (bicyclic) bond motifs is 1. The molecule has 1 aromatic carbocycles. The highest BCUT2D eigenvalue weighted by molar-refractivity contribution is 7.15. The summed E-state index contributed by atoms with van der Waals surface area (Å²) in [7, 11) is 0. The summed E-state index contributed by atoms with van der Waals surface area (Å²) in [5.74, 6) is 0.977. The van der Waals surface area contributed by atoms with Crippen molar-refractivity contribution in [3.8, 4) is 5.75 Å². The quantitative estimate of drug-likeness (QED) is 0.920. The number of carbonyl (C=O) groups excluding carboxylic acids is 1. The number of nitrogens with zero attached hydrogens (tertiary/aromatic N) is 1. The molecule has 1 aromatic heterocycles. The third-order valence-corrected chi connectivity index (χ3v) is 4.98. The number of para-hydroxylation sites is 1. The van der Waals surface area contributed by atoms with Gasteiger partial charge in [0.1, 0.15) is 5.75 Å². The van der Waals surface area contributed by atoms with E-state index >= 15 is 0 Å². The van der Waals surface area contributed by atoms with E-state index in [1.807, 2.05) is 12.1 Å². The van der Waals surface area contributed by atoms with Crippen molar-refractivity contribution in [1.29, 1.82) is 0 Å². The zero-order valence-electron chi connectivity index (χ0n) is 12.3. The lowest BCUT2D eigenvalue weighted by molar-refractivity contribution is -0.118. The average molecular weight is 337 g/mol. The lowest BCUT2D eigenvalue weighted by Crippen LogP contribution is -2.20. The molecule has 0 fully saturated rings. The fraction of sp³-hybridized carbons (Fsp3) is 0.375. The number of rotatable bonds is 4. The third kappa shape index (κ3) is 3.59. The number of hydrogen-bond acceptors (Lipinski definition) is 4. The summed E-state index contributed by atoms with van der Waals surface area (Å²) in [4.78, 5) is 17.8. The number of amides is 1. The van der Waals surface area contributed by atoms with Crippen LogP contribution in [0.15, 0.2) is 24.3 Å². The first-order valence-electron chi connectivity index (χ1n) is 7.27. The molecule has 0 saturated heterocycles. The SMILES string of the molecule is C[C@H]1CCc2nc(NC(=O)COc3ccccc3Cl)sc2C1. The number of benzene rings is 1. The Bertz CT molecular complexity index is 687. The first-order chi connectivity index (χ1) is 10.6. The molecule has 3 rings (SSSR count). The maximum Gasteiger partial charge on any atom is 0.264 e. The summed E-state index contributed by atoms with van der Waals surface area (Å²) >= 11 is 7.55. The van der Waals surface area contributed by atoms with E-state index in [0.717, 1.165) is 18.5 Å². The van der Waals surface area contributed by atoms with Gasteiger partial charge in [-0.2, -0.15) is 0 Å². The van der Waals surface area contributed by atoms with Crippen LogP contribution in [0.2, 0.25) is 5.02 Å². The summed E-state index contributed by atoms with van der Waals surface area (Å²) in [6, 6.07) is 7.09. The van der Waals surface area contributed by atoms with Crippen LogP contribution in [-0.2, 0) is 17.6 Å². The average Bonchev–Trinajstić information content (AvgIpc) is 2.87. The lowest BCUT2D eigenvalue weighted by atomic mass is 9.93. The molecule has 22 heavy (non-hydrogen) atoms. The van der Waals surface area contributed by atoms with E-state index in [0.29, 0.717) is 21.8 Å². The van der Waals surface area contributed by atoms with Crippen LogP contribution >= 0.6 is 22.9 Å². The van der Waals surface area contributed by atoms with Gasteiger partial charge in [-0.1, -0.05) is 30.7 Å². The Balaban J connectivity index is 1.57. The molecular formula is C16H17ClN2O2S. The lowest BCUT2D eigenvalue weighted by Gasteiger charge is -2.15. The monoisotopic (exact) mass is 336 g/mol. The van der Waals surface area contributed by atoms with Crippen LogP contribution in [0.25, 0.3) is 0 Å². The number of carbonyl (C=O) groups is 1. The van der Waals surface area contributed by atoms with Crippen molar-refractivity contribution >= 4 is 34.0 Å². The first-order valence-corrected chi connectivity index (χ1v) is 8.47. The van der Waals surface area contributed by atoms with E-state index in [1.165, 1.54) is 11.3 Å². The van der Waals surface area contributed by atoms with E-state index in [9.17, 15) is 4.79 Å². The van der Waals surface area contributed by atoms with Gasteiger partial charge in [-0.15, -0.1) is 11.3 Å². The fourth-order valence-electron chi connectivity index (χ4n) is 2.45. The smallest absolute Gasteiger partial charge is 0.264 e. The first kappa shape index (κ1) is 15.3. The normalized spacial score (nSPS) is 16.9. The van der Waals surface area contributed by atoms with Crippen molar-refractivity contribution < 1.29 is 9.53 Å². The summed E-state index contributed by atoms with van der Waals surface area (Å²) < 4.78 is 5.42. The van der Waals surface area contributed by atoms with E-state index in [-0.39, 0.29) is 12.5 Å². The second-order valence-electron chi connectivity index (χ2n) is 5.50. The molecule has 0 radical (unpaired) electrons. The third-order valence-electron chi connectivity index (χ3n) is 3.63. The van der Waals surface area contributed by atoms with E-state index in [4.69, 9.17) is 16.3 Å². The molecular weight excluding hydrogens is 320 g/mol. The predicted molar refractivity (Wildman–Crippen MR) is 88.9 cm³/mol. The molecule has 1 aliphatic carbocycles. The second-order valence-corrected chi connectivity index (χ2v) is 6.99. The Morgan fingerprint density at radius 2 is 2.32 bits per heavy atom. The Labute approximate surface area is 138 Å². The minimum absolute atomic E-state index is 0.0790. The summed E-state index contributed by atoms with van der Waals surface area (Å²) in [5, 5.41) is 3.96. The van der Waals surface area contributed by atoms with Gasteiger partial charge < -0.3 is 4.74 Å². The molecule has 2 aromatic rings. The number of thiazole rings is 1. The molecule has 0 saturated carbocycles. The highest BCUT2D eigenvalue weighted by Crippen LogP contribution is 2.32. The minimum Gasteiger partial charge on any atom is -0.482 e. The van der Waals surface area contributed by atoms with E-state index in [1.54, 1.807) is 23.5 Å². The van der Waals surface area contributed by atoms with Gasteiger partial charge >= 0.3 is 0 Å². The number of aromatic nitrogens is 1. The van der Waals surface area contributed by atoms with Crippen LogP contribution < -0.4 is 10.1 Å². The predicted octanol–water partition coefficient (Wildman–Crippen LogP) is 3.94. The van der Waals surface area contributed by atoms with Crippen LogP contribution in [-0.4, -0.2) is 17.5 Å². The van der Waals surface area contributed by atoms with Crippen LogP contribution in [0.1, 0.15) is 23.9 Å². The minimum atomic E-state index is -0.223. The molecule has 1 atom stereocenters. The number of anilines is 1. The Kier molecular flexibility index (Phi) is 4.64. The van der Waals surface area contributed by atoms with Crippen LogP contribution in [0.4, 0.5) is 5.13 Å². The van der Waals surface area contributed by atoms with Gasteiger partial charge in [0.25, 0.3) is 5.91 Å². The Morgan fingerprint density at radius 1 is 1.50 bits per heavy atom. The molecule has 6 heteroatoms. The maximum absolute atomic E-state index is 12.0. The molecule has 0 spiro atoms. The van der Waals surface area contributed by atoms with Gasteiger partial charge in [-0.05, 0) is 37.3 Å². The molecule has 4 nitrogen and oxygen atoms in total. The maximum atomic E-state index is 12.0. The molecule has 0 unspecified atom stereocenters. The Morgan fingerprint density at radius 3 is 3.14 bits per heavy atom. The molecule has 1 heterocycles. The number of ether oxygens (including phenoxy) is 1. The highest BCUT2D eigenvalue weighted by Gasteiger charge is 2.20. The molecule has 116 valence electrons. The van der Waals surface area contributed by atoms with E-state index in [2.05, 4.69) is 17.2 Å². The zero-order valence-corrected chi connectivity index (χ0v) is 13.8. The van der Waals surface area contributed by atoms with Gasteiger partial charge in [0.05, 0.1) is 10.7 Å². The van der Waals surface area contributed by atoms with Crippen LogP contribution in [0.5, 0.6) is 5.75 Å². The topological polar surface area (TPSA) is 51.2 Å². The summed E-state index contributed by atoms with van der Waals surface area (Å²) in [5.41, 5.74) is 1.13. The molecule has 1 N–H and O–H groups in total. The Hall–Kier alpha value is -1.59. The largest absolute Gasteiger partial charge is 0.482 e. The summed E-state index contributed by atoms with van der Waals surface area (Å²) in [6.07, 6.45) is 3.22. The van der Waals surface area contributed by atoms with Crippen molar-refractivity contribution in [2.75, 3.05) is 11.9 Å². The van der Waals surface area contributed by atoms with Crippen molar-refractivity contribution in [2.24, 2.45) is 5.92 Å². The van der Waals surface area contributed by atoms with E-state index < -0.39 is 0 Å². The van der Waals surface area contributed by atoms with Crippen LogP contribution in [0, 0.1) is 5.92 Å². The van der Waals surface area contributed by atoms with Gasteiger partial charge in [0.2, 0.25) is 0 Å². The van der Waals surface area contributed by atoms with Crippen LogP contribution in [0.3, 0.4) is 0 Å². The molecule has 1 aliphatic rings. The van der Waals surface area contributed by atoms with Gasteiger partial charge in [-0.3, -0.25) is 10.1 Å². The number of hydrogen-bond donors (Lipinski definition) is 1. The van der Waals surface area contributed by atoms with Crippen molar-refractivity contribution in [1.82, 2.24) is 4.98 Å². The second kappa shape index (κ2) is 6.67. The van der Waals surface area contributed by atoms with Crippen molar-refractivity contribution in [2.45, 2.75) is 26.2 Å². The van der Waals surface area contributed by atoms with Gasteiger partial charge in [0, 0.05) is 4.88 Å². The summed E-state index contributed by atoms with van der Waals surface area (Å²) in [6.45, 7) is 2.17. The highest BCUT2D eigenvalue weighted by atomic mass is 35.5. The van der Waals surface area contributed by atoms with Crippen molar-refractivity contribution in [3.63, 3.8) is 0 Å². The number of halogens is 1. The van der Waals surface area contributed by atoms with Gasteiger partial charge in [0.15, 0.2) is 11.7 Å². The molecule has 1 amide bonds. The van der Waals surface area contributed by atoms with Gasteiger partial charge in [-0.25, -0.2) is 4.98 Å². The number of nitrogens with one attached hydrogen (secondary N) is 1. The molecule has 0 aliphatic heterocycles. The molecule has 0 bridgehead atoms.